The molecule has 0 saturated heterocycles. The average Bonchev–Trinajstić information content (AvgIpc) is 2.28. The molecule has 0 radical (unpaired) electrons. The van der Waals surface area contributed by atoms with E-state index in [1.807, 2.05) is 13.0 Å². The molecule has 1 rings (SSSR count). The first-order valence-electron chi connectivity index (χ1n) is 5.22. The average molecular weight is 271 g/mol. The maximum atomic E-state index is 12.2. The molecule has 0 heterocycles. The van der Waals surface area contributed by atoms with Crippen LogP contribution in [-0.2, 0) is 0 Å². The Hall–Kier alpha value is -1.24. The number of amides is 1. The van der Waals surface area contributed by atoms with Gasteiger partial charge < -0.3 is 4.90 Å². The van der Waals surface area contributed by atoms with Crippen LogP contribution in [0.3, 0.4) is 0 Å². The molecule has 0 aliphatic carbocycles. The van der Waals surface area contributed by atoms with Gasteiger partial charge in [-0.1, -0.05) is 36.2 Å². The van der Waals surface area contributed by atoms with Gasteiger partial charge in [0.15, 0.2) is 0 Å². The van der Waals surface area contributed by atoms with E-state index >= 15 is 0 Å². The van der Waals surface area contributed by atoms with Crippen molar-refractivity contribution in [3.8, 4) is 6.07 Å². The normalized spacial score (nSPS) is 9.76. The molecule has 0 bridgehead atoms. The summed E-state index contributed by atoms with van der Waals surface area (Å²) in [5.41, 5.74) is 0.263. The van der Waals surface area contributed by atoms with Crippen LogP contribution in [0.2, 0.25) is 10.0 Å². The van der Waals surface area contributed by atoms with Gasteiger partial charge in [-0.2, -0.15) is 5.26 Å². The van der Waals surface area contributed by atoms with Crippen molar-refractivity contribution in [2.24, 2.45) is 0 Å². The lowest BCUT2D eigenvalue weighted by Gasteiger charge is -2.19. The Balaban J connectivity index is 3.05. The smallest absolute Gasteiger partial charge is 0.257 e. The summed E-state index contributed by atoms with van der Waals surface area (Å²) in [6, 6.07) is 6.85. The molecule has 1 amide bonds. The van der Waals surface area contributed by atoms with Gasteiger partial charge in [0, 0.05) is 6.54 Å². The molecule has 0 spiro atoms. The second kappa shape index (κ2) is 6.48. The minimum absolute atomic E-state index is 0.0359. The van der Waals surface area contributed by atoms with Crippen LogP contribution in [0.1, 0.15) is 23.7 Å². The molecule has 1 aromatic carbocycles. The Kier molecular flexibility index (Phi) is 5.27. The fraction of sp³-hybridized carbons (Fsp3) is 0.333. The van der Waals surface area contributed by atoms with Crippen molar-refractivity contribution in [2.75, 3.05) is 13.1 Å². The van der Waals surface area contributed by atoms with Crippen LogP contribution in [0.5, 0.6) is 0 Å². The Morgan fingerprint density at radius 2 is 2.00 bits per heavy atom. The molecule has 0 aromatic heterocycles. The van der Waals surface area contributed by atoms with Gasteiger partial charge in [0.1, 0.15) is 6.54 Å². The van der Waals surface area contributed by atoms with Crippen LogP contribution < -0.4 is 0 Å². The molecule has 0 aliphatic rings. The zero-order valence-corrected chi connectivity index (χ0v) is 10.9. The highest BCUT2D eigenvalue weighted by atomic mass is 35.5. The van der Waals surface area contributed by atoms with Crippen LogP contribution in [0, 0.1) is 11.3 Å². The number of carbonyl (C=O) groups excluding carboxylic acids is 1. The van der Waals surface area contributed by atoms with Gasteiger partial charge in [0.05, 0.1) is 21.7 Å². The highest BCUT2D eigenvalue weighted by Gasteiger charge is 2.20. The summed E-state index contributed by atoms with van der Waals surface area (Å²) in [5.74, 6) is -0.302. The molecule has 17 heavy (non-hydrogen) atoms. The summed E-state index contributed by atoms with van der Waals surface area (Å²) in [7, 11) is 0. The van der Waals surface area contributed by atoms with E-state index in [0.717, 1.165) is 6.42 Å². The van der Waals surface area contributed by atoms with E-state index in [2.05, 4.69) is 0 Å². The first-order valence-corrected chi connectivity index (χ1v) is 5.97. The lowest BCUT2D eigenvalue weighted by atomic mass is 10.2. The van der Waals surface area contributed by atoms with Crippen molar-refractivity contribution in [2.45, 2.75) is 13.3 Å². The predicted octanol–water partition coefficient (Wildman–Crippen LogP) is 3.37. The molecule has 5 heteroatoms. The molecule has 0 N–H and O–H groups in total. The molecule has 0 atom stereocenters. The standard InChI is InChI=1S/C12H12Cl2N2O/c1-2-7-16(8-6-15)12(17)11-9(13)4-3-5-10(11)14/h3-5H,2,7-8H2,1H3. The monoisotopic (exact) mass is 270 g/mol. The highest BCUT2D eigenvalue weighted by molar-refractivity contribution is 6.39. The fourth-order valence-electron chi connectivity index (χ4n) is 1.47. The van der Waals surface area contributed by atoms with Crippen LogP contribution >= 0.6 is 23.2 Å². The topological polar surface area (TPSA) is 44.1 Å². The van der Waals surface area contributed by atoms with E-state index < -0.39 is 0 Å². The summed E-state index contributed by atoms with van der Waals surface area (Å²) in [5, 5.41) is 9.30. The Morgan fingerprint density at radius 3 is 2.47 bits per heavy atom. The van der Waals surface area contributed by atoms with Gasteiger partial charge >= 0.3 is 0 Å². The predicted molar refractivity (Wildman–Crippen MR) is 68.3 cm³/mol. The molecule has 1 aromatic rings. The molecule has 0 saturated carbocycles. The molecule has 0 aliphatic heterocycles. The fourth-order valence-corrected chi connectivity index (χ4v) is 2.03. The van der Waals surface area contributed by atoms with E-state index in [1.54, 1.807) is 18.2 Å². The van der Waals surface area contributed by atoms with Gasteiger partial charge in [-0.25, -0.2) is 0 Å². The van der Waals surface area contributed by atoms with E-state index in [0.29, 0.717) is 16.6 Å². The number of benzene rings is 1. The third kappa shape index (κ3) is 3.36. The summed E-state index contributed by atoms with van der Waals surface area (Å²) < 4.78 is 0. The number of carbonyl (C=O) groups is 1. The molecular formula is C12H12Cl2N2O. The van der Waals surface area contributed by atoms with Crippen molar-refractivity contribution in [3.05, 3.63) is 33.8 Å². The zero-order valence-electron chi connectivity index (χ0n) is 9.41. The van der Waals surface area contributed by atoms with E-state index in [9.17, 15) is 4.79 Å². The Bertz CT molecular complexity index is 434. The second-order valence-corrected chi connectivity index (χ2v) is 4.30. The summed E-state index contributed by atoms with van der Waals surface area (Å²) in [4.78, 5) is 13.6. The van der Waals surface area contributed by atoms with E-state index in [4.69, 9.17) is 28.5 Å². The number of hydrogen-bond acceptors (Lipinski definition) is 2. The highest BCUT2D eigenvalue weighted by Crippen LogP contribution is 2.25. The molecule has 3 nitrogen and oxygen atoms in total. The second-order valence-electron chi connectivity index (χ2n) is 3.48. The first-order chi connectivity index (χ1) is 8.11. The number of rotatable bonds is 4. The molecule has 90 valence electrons. The van der Waals surface area contributed by atoms with Crippen molar-refractivity contribution in [1.29, 1.82) is 5.26 Å². The zero-order chi connectivity index (χ0) is 12.8. The van der Waals surface area contributed by atoms with Crippen LogP contribution in [-0.4, -0.2) is 23.9 Å². The first kappa shape index (κ1) is 13.8. The Labute approximate surface area is 111 Å². The summed E-state index contributed by atoms with van der Waals surface area (Å²) in [6.45, 7) is 2.48. The summed E-state index contributed by atoms with van der Waals surface area (Å²) >= 11 is 11.9. The van der Waals surface area contributed by atoms with Gasteiger partial charge in [-0.15, -0.1) is 0 Å². The molecular weight excluding hydrogens is 259 g/mol. The lowest BCUT2D eigenvalue weighted by Crippen LogP contribution is -2.32. The van der Waals surface area contributed by atoms with Gasteiger partial charge in [0.2, 0.25) is 0 Å². The largest absolute Gasteiger partial charge is 0.325 e. The third-order valence-electron chi connectivity index (χ3n) is 2.22. The number of halogens is 2. The molecule has 0 fully saturated rings. The van der Waals surface area contributed by atoms with Crippen LogP contribution in [0.4, 0.5) is 0 Å². The molecule has 0 unspecified atom stereocenters. The van der Waals surface area contributed by atoms with Crippen molar-refractivity contribution < 1.29 is 4.79 Å². The van der Waals surface area contributed by atoms with E-state index in [-0.39, 0.29) is 18.0 Å². The quantitative estimate of drug-likeness (QED) is 0.788. The number of hydrogen-bond donors (Lipinski definition) is 0. The Morgan fingerprint density at radius 1 is 1.41 bits per heavy atom. The van der Waals surface area contributed by atoms with Crippen LogP contribution in [0.15, 0.2) is 18.2 Å². The summed E-state index contributed by atoms with van der Waals surface area (Å²) in [6.07, 6.45) is 0.773. The maximum Gasteiger partial charge on any atom is 0.257 e. The van der Waals surface area contributed by atoms with Gasteiger partial charge in [-0.3, -0.25) is 4.79 Å². The van der Waals surface area contributed by atoms with Gasteiger partial charge in [-0.05, 0) is 18.6 Å². The van der Waals surface area contributed by atoms with Crippen molar-refractivity contribution in [3.63, 3.8) is 0 Å². The van der Waals surface area contributed by atoms with Crippen molar-refractivity contribution in [1.82, 2.24) is 4.90 Å². The number of nitrogens with zero attached hydrogens (tertiary/aromatic N) is 2. The van der Waals surface area contributed by atoms with E-state index in [1.165, 1.54) is 4.90 Å². The minimum atomic E-state index is -0.302. The maximum absolute atomic E-state index is 12.2. The van der Waals surface area contributed by atoms with Crippen LogP contribution in [0.25, 0.3) is 0 Å². The van der Waals surface area contributed by atoms with Gasteiger partial charge in [0.25, 0.3) is 5.91 Å². The lowest BCUT2D eigenvalue weighted by molar-refractivity contribution is 0.0776. The number of nitriles is 1. The van der Waals surface area contributed by atoms with Crippen molar-refractivity contribution >= 4 is 29.1 Å². The third-order valence-corrected chi connectivity index (χ3v) is 2.85. The SMILES string of the molecule is CCCN(CC#N)C(=O)c1c(Cl)cccc1Cl. The minimum Gasteiger partial charge on any atom is -0.325 e.